The number of rotatable bonds is 5. The van der Waals surface area contributed by atoms with Crippen molar-refractivity contribution in [3.63, 3.8) is 0 Å². The van der Waals surface area contributed by atoms with Gasteiger partial charge in [0, 0.05) is 18.1 Å². The van der Waals surface area contributed by atoms with Crippen LogP contribution in [0.4, 0.5) is 24.8 Å². The van der Waals surface area contributed by atoms with E-state index in [-0.39, 0.29) is 17.8 Å². The first kappa shape index (κ1) is 25.1. The maximum absolute atomic E-state index is 13.0. The Morgan fingerprint density at radius 2 is 1.86 bits per heavy atom. The first-order valence-electron chi connectivity index (χ1n) is 11.1. The van der Waals surface area contributed by atoms with Crippen LogP contribution in [-0.2, 0) is 16.6 Å². The number of nitrogens with zero attached hydrogens (tertiary/aromatic N) is 3. The fourth-order valence-electron chi connectivity index (χ4n) is 4.71. The second-order valence-corrected chi connectivity index (χ2v) is 10.2. The topological polar surface area (TPSA) is 108 Å². The predicted molar refractivity (Wildman–Crippen MR) is 125 cm³/mol. The number of aliphatic carboxylic acids is 1. The van der Waals surface area contributed by atoms with E-state index in [0.717, 1.165) is 28.3 Å². The van der Waals surface area contributed by atoms with Crippen LogP contribution in [0.2, 0.25) is 0 Å². The summed E-state index contributed by atoms with van der Waals surface area (Å²) < 4.78 is 39.0. The Morgan fingerprint density at radius 1 is 1.17 bits per heavy atom. The highest BCUT2D eigenvalue weighted by molar-refractivity contribution is 7.15. The Morgan fingerprint density at radius 3 is 2.49 bits per heavy atom. The van der Waals surface area contributed by atoms with Crippen LogP contribution >= 0.6 is 11.3 Å². The SMILES string of the molecule is Cc1cc(Nc2nccc(C(F)(F)F)n2)cc(-c2cnc(C3(O)C(C)CC(C(=O)O)CC3C)s2)c1. The van der Waals surface area contributed by atoms with Crippen LogP contribution in [0.3, 0.4) is 0 Å². The summed E-state index contributed by atoms with van der Waals surface area (Å²) >= 11 is 1.32. The standard InChI is InChI=1S/C24H25F3N4O3S/c1-12-6-15(10-17(7-12)30-22-28-5-4-19(31-22)24(25,26)27)18-11-29-21(35-18)23(34)13(2)8-16(20(32)33)9-14(23)3/h4-7,10-11,13-14,16,34H,8-9H2,1-3H3,(H,32,33)(H,28,30,31). The molecule has 186 valence electrons. The van der Waals surface area contributed by atoms with Gasteiger partial charge in [0.1, 0.15) is 16.3 Å². The van der Waals surface area contributed by atoms with Crippen molar-refractivity contribution >= 4 is 28.9 Å². The molecule has 1 saturated carbocycles. The second kappa shape index (κ2) is 9.19. The molecule has 0 spiro atoms. The third kappa shape index (κ3) is 5.01. The number of hydrogen-bond donors (Lipinski definition) is 3. The Balaban J connectivity index is 1.61. The normalized spacial score (nSPS) is 24.8. The van der Waals surface area contributed by atoms with E-state index in [1.54, 1.807) is 18.3 Å². The van der Waals surface area contributed by atoms with Gasteiger partial charge in [-0.25, -0.2) is 15.0 Å². The fourth-order valence-corrected chi connectivity index (χ4v) is 5.93. The number of halogens is 3. The average molecular weight is 507 g/mol. The molecule has 2 atom stereocenters. The molecule has 2 heterocycles. The van der Waals surface area contributed by atoms with Crippen LogP contribution in [0.1, 0.15) is 43.0 Å². The lowest BCUT2D eigenvalue weighted by atomic mass is 9.66. The van der Waals surface area contributed by atoms with Crippen molar-refractivity contribution in [1.82, 2.24) is 15.0 Å². The molecule has 7 nitrogen and oxygen atoms in total. The minimum Gasteiger partial charge on any atom is -0.481 e. The first-order valence-corrected chi connectivity index (χ1v) is 11.9. The highest BCUT2D eigenvalue weighted by atomic mass is 32.1. The minimum atomic E-state index is -4.58. The van der Waals surface area contributed by atoms with Crippen LogP contribution in [-0.4, -0.2) is 31.1 Å². The lowest BCUT2D eigenvalue weighted by Crippen LogP contribution is -2.46. The molecule has 35 heavy (non-hydrogen) atoms. The number of anilines is 2. The van der Waals surface area contributed by atoms with Gasteiger partial charge in [0.15, 0.2) is 0 Å². The zero-order valence-corrected chi connectivity index (χ0v) is 20.1. The molecule has 11 heteroatoms. The van der Waals surface area contributed by atoms with Crippen molar-refractivity contribution in [2.24, 2.45) is 17.8 Å². The molecular formula is C24H25F3N4O3S. The number of aromatic nitrogens is 3. The van der Waals surface area contributed by atoms with Gasteiger partial charge in [-0.15, -0.1) is 11.3 Å². The van der Waals surface area contributed by atoms with Crippen LogP contribution in [0.25, 0.3) is 10.4 Å². The van der Waals surface area contributed by atoms with Crippen LogP contribution in [0.5, 0.6) is 0 Å². The summed E-state index contributed by atoms with van der Waals surface area (Å²) in [6.07, 6.45) is -1.15. The largest absolute Gasteiger partial charge is 0.481 e. The summed E-state index contributed by atoms with van der Waals surface area (Å²) in [6.45, 7) is 5.54. The summed E-state index contributed by atoms with van der Waals surface area (Å²) in [5.41, 5.74) is -0.146. The summed E-state index contributed by atoms with van der Waals surface area (Å²) in [5.74, 6) is -2.11. The zero-order chi connectivity index (χ0) is 25.5. The predicted octanol–water partition coefficient (Wildman–Crippen LogP) is 5.63. The molecule has 0 amide bonds. The fraction of sp³-hybridized carbons (Fsp3) is 0.417. The number of nitrogens with one attached hydrogen (secondary N) is 1. The van der Waals surface area contributed by atoms with Gasteiger partial charge in [-0.05, 0) is 60.9 Å². The van der Waals surface area contributed by atoms with Crippen LogP contribution in [0.15, 0.2) is 36.7 Å². The number of thiazole rings is 1. The van der Waals surface area contributed by atoms with Crippen molar-refractivity contribution in [2.45, 2.75) is 45.4 Å². The molecule has 1 aliphatic rings. The van der Waals surface area contributed by atoms with E-state index < -0.39 is 29.4 Å². The smallest absolute Gasteiger partial charge is 0.433 e. The summed E-state index contributed by atoms with van der Waals surface area (Å²) in [5, 5.41) is 24.3. The number of carbonyl (C=O) groups is 1. The first-order chi connectivity index (χ1) is 16.4. The number of aryl methyl sites for hydroxylation is 1. The van der Waals surface area contributed by atoms with Crippen LogP contribution < -0.4 is 5.32 Å². The van der Waals surface area contributed by atoms with Crippen LogP contribution in [0, 0.1) is 24.7 Å². The highest BCUT2D eigenvalue weighted by Crippen LogP contribution is 2.49. The van der Waals surface area contributed by atoms with E-state index in [2.05, 4.69) is 20.3 Å². The van der Waals surface area contributed by atoms with E-state index in [1.165, 1.54) is 11.3 Å². The van der Waals surface area contributed by atoms with Gasteiger partial charge < -0.3 is 15.5 Å². The average Bonchev–Trinajstić information content (AvgIpc) is 3.27. The second-order valence-electron chi connectivity index (χ2n) is 9.14. The van der Waals surface area contributed by atoms with Gasteiger partial charge in [0.05, 0.1) is 10.8 Å². The Hall–Kier alpha value is -3.05. The van der Waals surface area contributed by atoms with E-state index in [9.17, 15) is 28.2 Å². The van der Waals surface area contributed by atoms with Gasteiger partial charge >= 0.3 is 12.1 Å². The minimum absolute atomic E-state index is 0.173. The quantitative estimate of drug-likeness (QED) is 0.412. The lowest BCUT2D eigenvalue weighted by Gasteiger charge is -2.44. The molecule has 1 aliphatic carbocycles. The molecule has 1 aromatic carbocycles. The highest BCUT2D eigenvalue weighted by Gasteiger charge is 2.49. The summed E-state index contributed by atoms with van der Waals surface area (Å²) in [6, 6.07) is 6.24. The number of carboxylic acid groups (broad SMARTS) is 1. The number of alkyl halides is 3. The van der Waals surface area contributed by atoms with Gasteiger partial charge in [-0.2, -0.15) is 13.2 Å². The molecule has 2 unspecified atom stereocenters. The summed E-state index contributed by atoms with van der Waals surface area (Å²) in [4.78, 5) is 24.2. The van der Waals surface area contributed by atoms with Crippen molar-refractivity contribution < 1.29 is 28.2 Å². The molecule has 0 radical (unpaired) electrons. The van der Waals surface area contributed by atoms with Crippen molar-refractivity contribution in [3.8, 4) is 10.4 Å². The molecule has 0 saturated heterocycles. The summed E-state index contributed by atoms with van der Waals surface area (Å²) in [7, 11) is 0. The van der Waals surface area contributed by atoms with E-state index in [4.69, 9.17) is 0 Å². The molecule has 0 aliphatic heterocycles. The van der Waals surface area contributed by atoms with Crippen molar-refractivity contribution in [1.29, 1.82) is 0 Å². The Bertz CT molecular complexity index is 1230. The number of carboxylic acids is 1. The third-order valence-corrected chi connectivity index (χ3v) is 7.73. The number of benzene rings is 1. The number of aliphatic hydroxyl groups is 1. The molecule has 1 fully saturated rings. The monoisotopic (exact) mass is 506 g/mol. The zero-order valence-electron chi connectivity index (χ0n) is 19.3. The van der Waals surface area contributed by atoms with Gasteiger partial charge in [0.2, 0.25) is 5.95 Å². The molecule has 0 bridgehead atoms. The van der Waals surface area contributed by atoms with E-state index in [0.29, 0.717) is 23.5 Å². The van der Waals surface area contributed by atoms with E-state index >= 15 is 0 Å². The molecule has 2 aromatic heterocycles. The third-order valence-electron chi connectivity index (χ3n) is 6.54. The van der Waals surface area contributed by atoms with Gasteiger partial charge in [-0.1, -0.05) is 19.9 Å². The van der Waals surface area contributed by atoms with E-state index in [1.807, 2.05) is 26.8 Å². The Kier molecular flexibility index (Phi) is 6.58. The maximum atomic E-state index is 13.0. The van der Waals surface area contributed by atoms with Gasteiger partial charge in [0.25, 0.3) is 0 Å². The molecule has 4 rings (SSSR count). The van der Waals surface area contributed by atoms with Gasteiger partial charge in [-0.3, -0.25) is 4.79 Å². The van der Waals surface area contributed by atoms with Crippen molar-refractivity contribution in [2.75, 3.05) is 5.32 Å². The molecular weight excluding hydrogens is 481 g/mol. The lowest BCUT2D eigenvalue weighted by molar-refractivity contribution is -0.153. The Labute approximate surface area is 204 Å². The number of hydrogen-bond acceptors (Lipinski definition) is 7. The molecule has 3 aromatic rings. The maximum Gasteiger partial charge on any atom is 0.433 e. The van der Waals surface area contributed by atoms with Crippen molar-refractivity contribution in [3.05, 3.63) is 52.9 Å². The molecule has 3 N–H and O–H groups in total.